The number of carbonyl (C=O) groups excluding carboxylic acids is 1. The summed E-state index contributed by atoms with van der Waals surface area (Å²) in [5.41, 5.74) is 0. The van der Waals surface area contributed by atoms with Crippen molar-refractivity contribution in [3.8, 4) is 0 Å². The molecule has 4 nitrogen and oxygen atoms in total. The summed E-state index contributed by atoms with van der Waals surface area (Å²) in [6, 6.07) is 7.88. The van der Waals surface area contributed by atoms with Crippen LogP contribution in [-0.4, -0.2) is 31.7 Å². The van der Waals surface area contributed by atoms with Crippen LogP contribution >= 0.6 is 0 Å². The van der Waals surface area contributed by atoms with Gasteiger partial charge in [0.1, 0.15) is 11.5 Å². The predicted octanol–water partition coefficient (Wildman–Crippen LogP) is 0.802. The van der Waals surface area contributed by atoms with Crippen LogP contribution in [0.4, 0.5) is 0 Å². The van der Waals surface area contributed by atoms with Crippen LogP contribution in [0.3, 0.4) is 0 Å². The van der Waals surface area contributed by atoms with Gasteiger partial charge >= 0.3 is 0 Å². The average molecular weight is 242 g/mol. The molecule has 88 valence electrons. The molecule has 0 saturated heterocycles. The van der Waals surface area contributed by atoms with E-state index in [2.05, 4.69) is 0 Å². The van der Waals surface area contributed by atoms with Crippen molar-refractivity contribution in [2.45, 2.75) is 17.7 Å². The molecule has 0 unspecified atom stereocenters. The van der Waals surface area contributed by atoms with E-state index in [0.717, 1.165) is 0 Å². The number of aliphatic hydroxyl groups excluding tert-OH is 1. The fourth-order valence-electron chi connectivity index (χ4n) is 1.27. The van der Waals surface area contributed by atoms with E-state index >= 15 is 0 Å². The van der Waals surface area contributed by atoms with Gasteiger partial charge in [-0.15, -0.1) is 0 Å². The van der Waals surface area contributed by atoms with Crippen molar-refractivity contribution in [1.82, 2.24) is 0 Å². The first-order valence-electron chi connectivity index (χ1n) is 4.96. The summed E-state index contributed by atoms with van der Waals surface area (Å²) in [5, 5.41) is 8.53. The third kappa shape index (κ3) is 3.75. The maximum atomic E-state index is 11.7. The summed E-state index contributed by atoms with van der Waals surface area (Å²) in [6.07, 6.45) is 0.408. The molecule has 0 amide bonds. The average Bonchev–Trinajstić information content (AvgIpc) is 2.27. The Morgan fingerprint density at radius 2 is 1.81 bits per heavy atom. The Morgan fingerprint density at radius 1 is 1.19 bits per heavy atom. The standard InChI is InChI=1S/C11H14O4S/c12-8-4-5-10(13)9-16(14,15)11-6-2-1-3-7-11/h1-3,6-7,12H,4-5,8-9H2. The van der Waals surface area contributed by atoms with Crippen molar-refractivity contribution in [3.63, 3.8) is 0 Å². The van der Waals surface area contributed by atoms with E-state index in [1.807, 2.05) is 0 Å². The van der Waals surface area contributed by atoms with Crippen molar-refractivity contribution in [1.29, 1.82) is 0 Å². The van der Waals surface area contributed by atoms with Crippen LogP contribution in [0.15, 0.2) is 35.2 Å². The zero-order chi connectivity index (χ0) is 12.0. The fourth-order valence-corrected chi connectivity index (χ4v) is 2.58. The normalized spacial score (nSPS) is 11.3. The first kappa shape index (κ1) is 12.9. The monoisotopic (exact) mass is 242 g/mol. The van der Waals surface area contributed by atoms with E-state index in [9.17, 15) is 13.2 Å². The second kappa shape index (κ2) is 5.77. The van der Waals surface area contributed by atoms with Crippen molar-refractivity contribution in [2.75, 3.05) is 12.4 Å². The molecule has 0 spiro atoms. The van der Waals surface area contributed by atoms with Gasteiger partial charge in [0, 0.05) is 13.0 Å². The Morgan fingerprint density at radius 3 is 2.38 bits per heavy atom. The van der Waals surface area contributed by atoms with Gasteiger partial charge in [0.15, 0.2) is 9.84 Å². The molecule has 0 aromatic heterocycles. The van der Waals surface area contributed by atoms with Crippen molar-refractivity contribution in [3.05, 3.63) is 30.3 Å². The first-order chi connectivity index (χ1) is 7.56. The molecule has 16 heavy (non-hydrogen) atoms. The van der Waals surface area contributed by atoms with Crippen LogP contribution < -0.4 is 0 Å². The predicted molar refractivity (Wildman–Crippen MR) is 59.8 cm³/mol. The molecule has 0 bridgehead atoms. The third-order valence-electron chi connectivity index (χ3n) is 2.07. The zero-order valence-electron chi connectivity index (χ0n) is 8.80. The molecule has 0 heterocycles. The number of carbonyl (C=O) groups is 1. The van der Waals surface area contributed by atoms with E-state index in [-0.39, 0.29) is 23.7 Å². The van der Waals surface area contributed by atoms with Crippen molar-refractivity contribution >= 4 is 15.6 Å². The molecular weight excluding hydrogens is 228 g/mol. The minimum atomic E-state index is -3.52. The minimum absolute atomic E-state index is 0.0998. The Kier molecular flexibility index (Phi) is 4.64. The molecule has 1 rings (SSSR count). The Bertz CT molecular complexity index is 436. The molecule has 0 atom stereocenters. The molecule has 0 fully saturated rings. The number of benzene rings is 1. The van der Waals surface area contributed by atoms with Crippen LogP contribution in [0.5, 0.6) is 0 Å². The second-order valence-corrected chi connectivity index (χ2v) is 5.43. The van der Waals surface area contributed by atoms with Crippen LogP contribution in [-0.2, 0) is 14.6 Å². The van der Waals surface area contributed by atoms with E-state index in [4.69, 9.17) is 5.11 Å². The summed E-state index contributed by atoms with van der Waals surface area (Å²) in [6.45, 7) is -0.100. The Labute approximate surface area is 94.8 Å². The number of hydrogen-bond donors (Lipinski definition) is 1. The highest BCUT2D eigenvalue weighted by atomic mass is 32.2. The van der Waals surface area contributed by atoms with Crippen molar-refractivity contribution in [2.24, 2.45) is 0 Å². The molecule has 0 radical (unpaired) electrons. The maximum absolute atomic E-state index is 11.7. The van der Waals surface area contributed by atoms with Gasteiger partial charge in [0.2, 0.25) is 0 Å². The zero-order valence-corrected chi connectivity index (χ0v) is 9.61. The summed E-state index contributed by atoms with van der Waals surface area (Å²) >= 11 is 0. The first-order valence-corrected chi connectivity index (χ1v) is 6.62. The highest BCUT2D eigenvalue weighted by molar-refractivity contribution is 7.92. The van der Waals surface area contributed by atoms with Crippen LogP contribution in [0, 0.1) is 0 Å². The second-order valence-electron chi connectivity index (χ2n) is 3.44. The molecule has 0 aliphatic heterocycles. The van der Waals surface area contributed by atoms with Crippen LogP contribution in [0.1, 0.15) is 12.8 Å². The van der Waals surface area contributed by atoms with Gasteiger partial charge in [-0.2, -0.15) is 0 Å². The molecule has 0 aliphatic rings. The number of rotatable bonds is 6. The lowest BCUT2D eigenvalue weighted by Gasteiger charge is -2.03. The fraction of sp³-hybridized carbons (Fsp3) is 0.364. The maximum Gasteiger partial charge on any atom is 0.185 e. The van der Waals surface area contributed by atoms with Gasteiger partial charge in [0.25, 0.3) is 0 Å². The van der Waals surface area contributed by atoms with Gasteiger partial charge < -0.3 is 5.11 Å². The highest BCUT2D eigenvalue weighted by Crippen LogP contribution is 2.10. The van der Waals surface area contributed by atoms with E-state index in [0.29, 0.717) is 6.42 Å². The molecule has 0 aliphatic carbocycles. The summed E-state index contributed by atoms with van der Waals surface area (Å²) in [5.74, 6) is -0.852. The van der Waals surface area contributed by atoms with Crippen LogP contribution in [0.2, 0.25) is 0 Å². The quantitative estimate of drug-likeness (QED) is 0.801. The van der Waals surface area contributed by atoms with E-state index in [1.54, 1.807) is 18.2 Å². The summed E-state index contributed by atoms with van der Waals surface area (Å²) in [7, 11) is -3.52. The van der Waals surface area contributed by atoms with E-state index < -0.39 is 15.6 Å². The number of Topliss-reactive ketones (excluding diaryl/α,β-unsaturated/α-hetero) is 1. The van der Waals surface area contributed by atoms with Gasteiger partial charge in [0.05, 0.1) is 4.90 Å². The Hall–Kier alpha value is -1.20. The summed E-state index contributed by atoms with van der Waals surface area (Å²) in [4.78, 5) is 11.5. The van der Waals surface area contributed by atoms with Crippen LogP contribution in [0.25, 0.3) is 0 Å². The number of aliphatic hydroxyl groups is 1. The lowest BCUT2D eigenvalue weighted by Crippen LogP contribution is -2.16. The molecule has 1 N–H and O–H groups in total. The van der Waals surface area contributed by atoms with Gasteiger partial charge in [-0.3, -0.25) is 4.79 Å². The SMILES string of the molecule is O=C(CCCO)CS(=O)(=O)c1ccccc1. The lowest BCUT2D eigenvalue weighted by atomic mass is 10.2. The molecule has 5 heteroatoms. The molecule has 1 aromatic rings. The Balaban J connectivity index is 2.70. The molecule has 1 aromatic carbocycles. The van der Waals surface area contributed by atoms with E-state index in [1.165, 1.54) is 12.1 Å². The van der Waals surface area contributed by atoms with Gasteiger partial charge in [-0.05, 0) is 18.6 Å². The van der Waals surface area contributed by atoms with Gasteiger partial charge in [-0.1, -0.05) is 18.2 Å². The number of sulfone groups is 1. The largest absolute Gasteiger partial charge is 0.396 e. The highest BCUT2D eigenvalue weighted by Gasteiger charge is 2.18. The number of ketones is 1. The third-order valence-corrected chi connectivity index (χ3v) is 3.76. The lowest BCUT2D eigenvalue weighted by molar-refractivity contribution is -0.116. The topological polar surface area (TPSA) is 71.4 Å². The van der Waals surface area contributed by atoms with Gasteiger partial charge in [-0.25, -0.2) is 8.42 Å². The molecule has 0 saturated carbocycles. The minimum Gasteiger partial charge on any atom is -0.396 e. The number of hydrogen-bond acceptors (Lipinski definition) is 4. The van der Waals surface area contributed by atoms with Crippen molar-refractivity contribution < 1.29 is 18.3 Å². The smallest absolute Gasteiger partial charge is 0.185 e. The summed E-state index contributed by atoms with van der Waals surface area (Å²) < 4.78 is 23.4. The molecular formula is C11H14O4S.